The average molecular weight is 275 g/mol. The van der Waals surface area contributed by atoms with E-state index in [0.29, 0.717) is 4.47 Å². The van der Waals surface area contributed by atoms with Crippen molar-refractivity contribution in [1.29, 1.82) is 0 Å². The molecule has 1 nitrogen and oxygen atoms in total. The zero-order valence-corrected chi connectivity index (χ0v) is 10.8. The molecule has 0 radical (unpaired) electrons. The third-order valence-electron chi connectivity index (χ3n) is 2.66. The Morgan fingerprint density at radius 2 is 1.87 bits per heavy atom. The summed E-state index contributed by atoms with van der Waals surface area (Å²) in [4.78, 5) is 0. The van der Waals surface area contributed by atoms with E-state index in [-0.39, 0.29) is 17.7 Å². The van der Waals surface area contributed by atoms with E-state index in [1.165, 1.54) is 6.07 Å². The second-order valence-corrected chi connectivity index (χ2v) is 5.05. The first-order valence-corrected chi connectivity index (χ1v) is 5.85. The summed E-state index contributed by atoms with van der Waals surface area (Å²) in [6.07, 6.45) is -0.401. The normalized spacial score (nSPS) is 15.4. The minimum atomic E-state index is -0.401. The molecule has 0 saturated carbocycles. The van der Waals surface area contributed by atoms with Crippen LogP contribution in [0.3, 0.4) is 0 Å². The highest BCUT2D eigenvalue weighted by atomic mass is 79.9. The largest absolute Gasteiger partial charge is 0.392 e. The fraction of sp³-hybridized carbons (Fsp3) is 0.500. The van der Waals surface area contributed by atoms with Crippen molar-refractivity contribution in [3.05, 3.63) is 34.1 Å². The molecule has 0 spiro atoms. The first-order chi connectivity index (χ1) is 6.93. The Morgan fingerprint density at radius 1 is 1.27 bits per heavy atom. The zero-order valence-electron chi connectivity index (χ0n) is 9.17. The minimum Gasteiger partial charge on any atom is -0.392 e. The Bertz CT molecular complexity index is 338. The monoisotopic (exact) mass is 274 g/mol. The minimum absolute atomic E-state index is 0.0156. The maximum Gasteiger partial charge on any atom is 0.137 e. The quantitative estimate of drug-likeness (QED) is 0.891. The summed E-state index contributed by atoms with van der Waals surface area (Å²) in [5.74, 6) is -0.0595. The Morgan fingerprint density at radius 3 is 2.33 bits per heavy atom. The lowest BCUT2D eigenvalue weighted by molar-refractivity contribution is 0.102. The van der Waals surface area contributed by atoms with Gasteiger partial charge in [0.25, 0.3) is 0 Å². The van der Waals surface area contributed by atoms with E-state index in [9.17, 15) is 9.50 Å². The molecule has 0 amide bonds. The number of aliphatic hydroxyl groups excluding tert-OH is 1. The van der Waals surface area contributed by atoms with E-state index in [0.717, 1.165) is 5.56 Å². The number of halogens is 2. The molecule has 0 saturated heterocycles. The molecule has 0 bridgehead atoms. The van der Waals surface area contributed by atoms with Crippen molar-refractivity contribution in [2.45, 2.75) is 32.8 Å². The fourth-order valence-electron chi connectivity index (χ4n) is 1.57. The molecule has 0 fully saturated rings. The van der Waals surface area contributed by atoms with Crippen molar-refractivity contribution in [3.8, 4) is 0 Å². The summed E-state index contributed by atoms with van der Waals surface area (Å²) in [5, 5.41) is 9.90. The summed E-state index contributed by atoms with van der Waals surface area (Å²) in [6.45, 7) is 5.89. The molecule has 15 heavy (non-hydrogen) atoms. The molecule has 3 heteroatoms. The van der Waals surface area contributed by atoms with E-state index in [1.54, 1.807) is 12.1 Å². The molecule has 0 aliphatic carbocycles. The highest BCUT2D eigenvalue weighted by Gasteiger charge is 2.19. The van der Waals surface area contributed by atoms with E-state index in [2.05, 4.69) is 15.9 Å². The van der Waals surface area contributed by atoms with Gasteiger partial charge in [-0.1, -0.05) is 26.8 Å². The predicted molar refractivity (Wildman–Crippen MR) is 63.4 cm³/mol. The standard InChI is InChI=1S/C12H16BrFO/c1-7(2)12(15)8(3)9-4-5-11(14)10(13)6-9/h4-8,12,15H,1-3H3. The van der Waals surface area contributed by atoms with Gasteiger partial charge in [-0.05, 0) is 39.5 Å². The van der Waals surface area contributed by atoms with Gasteiger partial charge in [0, 0.05) is 5.92 Å². The Labute approximate surface area is 98.4 Å². The van der Waals surface area contributed by atoms with Crippen LogP contribution < -0.4 is 0 Å². The summed E-state index contributed by atoms with van der Waals surface area (Å²) in [7, 11) is 0. The van der Waals surface area contributed by atoms with Crippen LogP contribution in [0.2, 0.25) is 0 Å². The van der Waals surface area contributed by atoms with Crippen LogP contribution in [-0.4, -0.2) is 11.2 Å². The van der Waals surface area contributed by atoms with Gasteiger partial charge in [0.2, 0.25) is 0 Å². The highest BCUT2D eigenvalue weighted by molar-refractivity contribution is 9.10. The van der Waals surface area contributed by atoms with Crippen LogP contribution in [-0.2, 0) is 0 Å². The molecule has 1 aromatic rings. The second-order valence-electron chi connectivity index (χ2n) is 4.20. The van der Waals surface area contributed by atoms with Crippen LogP contribution in [0.4, 0.5) is 4.39 Å². The predicted octanol–water partition coefficient (Wildman–Crippen LogP) is 3.71. The number of hydrogen-bond donors (Lipinski definition) is 1. The third-order valence-corrected chi connectivity index (χ3v) is 3.27. The summed E-state index contributed by atoms with van der Waals surface area (Å²) < 4.78 is 13.5. The number of hydrogen-bond acceptors (Lipinski definition) is 1. The van der Waals surface area contributed by atoms with Crippen molar-refractivity contribution >= 4 is 15.9 Å². The van der Waals surface area contributed by atoms with Crippen molar-refractivity contribution in [2.24, 2.45) is 5.92 Å². The maximum atomic E-state index is 13.0. The lowest BCUT2D eigenvalue weighted by atomic mass is 9.89. The number of benzene rings is 1. The van der Waals surface area contributed by atoms with Crippen molar-refractivity contribution in [1.82, 2.24) is 0 Å². The highest BCUT2D eigenvalue weighted by Crippen LogP contribution is 2.27. The van der Waals surface area contributed by atoms with E-state index in [4.69, 9.17) is 0 Å². The van der Waals surface area contributed by atoms with Gasteiger partial charge >= 0.3 is 0 Å². The molecule has 0 aromatic heterocycles. The summed E-state index contributed by atoms with van der Waals surface area (Å²) in [6, 6.07) is 4.87. The lowest BCUT2D eigenvalue weighted by Crippen LogP contribution is -2.22. The molecule has 0 aliphatic rings. The van der Waals surface area contributed by atoms with Crippen LogP contribution in [0.5, 0.6) is 0 Å². The number of rotatable bonds is 3. The molecule has 1 N–H and O–H groups in total. The first kappa shape index (κ1) is 12.7. The van der Waals surface area contributed by atoms with Crippen molar-refractivity contribution in [2.75, 3.05) is 0 Å². The first-order valence-electron chi connectivity index (χ1n) is 5.06. The van der Waals surface area contributed by atoms with E-state index < -0.39 is 6.10 Å². The Kier molecular flexibility index (Phi) is 4.29. The molecule has 1 aromatic carbocycles. The molecule has 84 valence electrons. The molecule has 1 rings (SSSR count). The summed E-state index contributed by atoms with van der Waals surface area (Å²) in [5.41, 5.74) is 0.949. The molecule has 2 unspecified atom stereocenters. The number of aliphatic hydroxyl groups is 1. The fourth-order valence-corrected chi connectivity index (χ4v) is 1.97. The van der Waals surface area contributed by atoms with Gasteiger partial charge in [-0.25, -0.2) is 4.39 Å². The SMILES string of the molecule is CC(C)C(O)C(C)c1ccc(F)c(Br)c1. The van der Waals surface area contributed by atoms with Crippen molar-refractivity contribution in [3.63, 3.8) is 0 Å². The zero-order chi connectivity index (χ0) is 11.6. The molecule has 2 atom stereocenters. The van der Waals surface area contributed by atoms with Crippen LogP contribution in [0.15, 0.2) is 22.7 Å². The smallest absolute Gasteiger partial charge is 0.137 e. The van der Waals surface area contributed by atoms with Gasteiger partial charge in [-0.15, -0.1) is 0 Å². The van der Waals surface area contributed by atoms with Gasteiger partial charge in [-0.3, -0.25) is 0 Å². The molecule has 0 heterocycles. The van der Waals surface area contributed by atoms with E-state index in [1.807, 2.05) is 20.8 Å². The topological polar surface area (TPSA) is 20.2 Å². The Balaban J connectivity index is 2.91. The van der Waals surface area contributed by atoms with Crippen LogP contribution >= 0.6 is 15.9 Å². The van der Waals surface area contributed by atoms with Gasteiger partial charge in [0.1, 0.15) is 5.82 Å². The average Bonchev–Trinajstić information content (AvgIpc) is 2.19. The van der Waals surface area contributed by atoms with Gasteiger partial charge in [0.05, 0.1) is 10.6 Å². The molecular weight excluding hydrogens is 259 g/mol. The maximum absolute atomic E-state index is 13.0. The van der Waals surface area contributed by atoms with Gasteiger partial charge < -0.3 is 5.11 Å². The molecular formula is C12H16BrFO. The molecule has 0 aliphatic heterocycles. The van der Waals surface area contributed by atoms with E-state index >= 15 is 0 Å². The van der Waals surface area contributed by atoms with Crippen LogP contribution in [0, 0.1) is 11.7 Å². The van der Waals surface area contributed by atoms with Gasteiger partial charge in [0.15, 0.2) is 0 Å². The van der Waals surface area contributed by atoms with Crippen LogP contribution in [0.25, 0.3) is 0 Å². The third kappa shape index (κ3) is 3.02. The Hall–Kier alpha value is -0.410. The lowest BCUT2D eigenvalue weighted by Gasteiger charge is -2.22. The van der Waals surface area contributed by atoms with Gasteiger partial charge in [-0.2, -0.15) is 0 Å². The second kappa shape index (κ2) is 5.08. The summed E-state index contributed by atoms with van der Waals surface area (Å²) >= 11 is 3.14. The van der Waals surface area contributed by atoms with Crippen molar-refractivity contribution < 1.29 is 9.50 Å². The van der Waals surface area contributed by atoms with Crippen LogP contribution in [0.1, 0.15) is 32.3 Å².